The lowest BCUT2D eigenvalue weighted by molar-refractivity contribution is -0.140. The molecule has 1 fully saturated rings. The topological polar surface area (TPSA) is 46.5 Å². The smallest absolute Gasteiger partial charge is 0.305 e. The van der Waals surface area contributed by atoms with Crippen molar-refractivity contribution in [1.82, 2.24) is 0 Å². The highest BCUT2D eigenvalue weighted by molar-refractivity contribution is 5.69. The normalized spacial score (nSPS) is 25.0. The van der Waals surface area contributed by atoms with Crippen molar-refractivity contribution in [3.05, 3.63) is 24.3 Å². The first-order chi connectivity index (χ1) is 12.1. The number of ether oxygens (including phenoxy) is 1. The van der Waals surface area contributed by atoms with Crippen molar-refractivity contribution in [2.24, 2.45) is 17.8 Å². The molecule has 4 atom stereocenters. The lowest BCUT2D eigenvalue weighted by Crippen LogP contribution is -2.16. The first kappa shape index (κ1) is 22.0. The average Bonchev–Trinajstić information content (AvgIpc) is 2.96. The molecular weight excluding hydrogens is 312 g/mol. The Morgan fingerprint density at radius 3 is 2.76 bits per heavy atom. The Morgan fingerprint density at radius 2 is 2.04 bits per heavy atom. The molecule has 1 saturated carbocycles. The van der Waals surface area contributed by atoms with E-state index in [-0.39, 0.29) is 12.1 Å². The summed E-state index contributed by atoms with van der Waals surface area (Å²) < 4.78 is 4.64. The Labute approximate surface area is 154 Å². The summed E-state index contributed by atoms with van der Waals surface area (Å²) >= 11 is 0. The molecule has 0 aromatic rings. The maximum atomic E-state index is 11.1. The molecule has 0 saturated heterocycles. The fraction of sp³-hybridized carbons (Fsp3) is 0.773. The van der Waals surface area contributed by atoms with E-state index in [1.54, 1.807) is 0 Å². The highest BCUT2D eigenvalue weighted by Gasteiger charge is 2.32. The molecule has 0 radical (unpaired) electrons. The molecule has 0 aliphatic heterocycles. The number of methoxy groups -OCH3 is 1. The number of unbranched alkanes of at least 4 members (excludes halogenated alkanes) is 3. The molecule has 0 aromatic heterocycles. The van der Waals surface area contributed by atoms with Gasteiger partial charge in [0.05, 0.1) is 13.2 Å². The molecule has 1 rings (SSSR count). The lowest BCUT2D eigenvalue weighted by Gasteiger charge is -2.18. The second-order valence-corrected chi connectivity index (χ2v) is 7.52. The van der Waals surface area contributed by atoms with E-state index in [1.165, 1.54) is 32.8 Å². The molecule has 2 unspecified atom stereocenters. The van der Waals surface area contributed by atoms with Gasteiger partial charge in [-0.15, -0.1) is 0 Å². The van der Waals surface area contributed by atoms with Crippen LogP contribution in [-0.2, 0) is 9.53 Å². The number of carbonyl (C=O) groups excluding carboxylic acids is 1. The molecule has 0 spiro atoms. The van der Waals surface area contributed by atoms with Crippen molar-refractivity contribution in [2.75, 3.05) is 7.11 Å². The average molecular weight is 351 g/mol. The van der Waals surface area contributed by atoms with Crippen molar-refractivity contribution >= 4 is 5.97 Å². The van der Waals surface area contributed by atoms with Gasteiger partial charge in [-0.1, -0.05) is 57.4 Å². The molecule has 3 nitrogen and oxygen atoms in total. The van der Waals surface area contributed by atoms with E-state index in [2.05, 4.69) is 42.9 Å². The summed E-state index contributed by atoms with van der Waals surface area (Å²) in [6.07, 6.45) is 19.2. The van der Waals surface area contributed by atoms with Crippen molar-refractivity contribution < 1.29 is 14.6 Å². The van der Waals surface area contributed by atoms with E-state index in [0.29, 0.717) is 24.2 Å². The van der Waals surface area contributed by atoms with E-state index in [4.69, 9.17) is 0 Å². The molecule has 3 heteroatoms. The van der Waals surface area contributed by atoms with Crippen LogP contribution in [0.15, 0.2) is 24.3 Å². The molecule has 1 N–H and O–H groups in total. The second-order valence-electron chi connectivity index (χ2n) is 7.52. The Hall–Kier alpha value is -1.09. The lowest BCUT2D eigenvalue weighted by atomic mass is 9.89. The molecule has 0 amide bonds. The Kier molecular flexibility index (Phi) is 11.6. The molecule has 144 valence electrons. The molecule has 1 aliphatic rings. The van der Waals surface area contributed by atoms with E-state index >= 15 is 0 Å². The Bertz CT molecular complexity index is 413. The van der Waals surface area contributed by atoms with E-state index in [9.17, 15) is 9.90 Å². The van der Waals surface area contributed by atoms with Crippen LogP contribution in [0, 0.1) is 17.8 Å². The van der Waals surface area contributed by atoms with Crippen molar-refractivity contribution in [3.63, 3.8) is 0 Å². The van der Waals surface area contributed by atoms with Crippen LogP contribution in [0.25, 0.3) is 0 Å². The van der Waals surface area contributed by atoms with Crippen LogP contribution in [0.4, 0.5) is 0 Å². The predicted octanol–water partition coefficient (Wildman–Crippen LogP) is 5.44. The van der Waals surface area contributed by atoms with Gasteiger partial charge in [0.2, 0.25) is 0 Å². The van der Waals surface area contributed by atoms with Crippen molar-refractivity contribution in [3.8, 4) is 0 Å². The van der Waals surface area contributed by atoms with Crippen LogP contribution in [-0.4, -0.2) is 24.3 Å². The summed E-state index contributed by atoms with van der Waals surface area (Å²) in [6, 6.07) is 0. The number of aliphatic hydroxyl groups excluding tert-OH is 1. The van der Waals surface area contributed by atoms with Crippen molar-refractivity contribution in [1.29, 1.82) is 0 Å². The predicted molar refractivity (Wildman–Crippen MR) is 104 cm³/mol. The summed E-state index contributed by atoms with van der Waals surface area (Å²) in [7, 11) is 1.43. The fourth-order valence-corrected chi connectivity index (χ4v) is 3.63. The monoisotopic (exact) mass is 350 g/mol. The SMILES string of the molecule is CCCCCC(C)/C=C/C1[C@@H](C/C=C\CCCC(=O)OC)CC[C@H]1O. The zero-order chi connectivity index (χ0) is 18.5. The standard InChI is InChI=1S/C22H38O3/c1-4-5-8-11-18(2)14-16-20-19(15-17-21(20)23)12-9-6-7-10-13-22(24)25-3/h6,9,14,16,18-21,23H,4-5,7-8,10-13,15,17H2,1-3H3/b9-6-,16-14+/t18?,19-,20?,21+/m0/s1. The minimum atomic E-state index is -0.184. The van der Waals surface area contributed by atoms with Crippen molar-refractivity contribution in [2.45, 2.75) is 84.2 Å². The zero-order valence-corrected chi connectivity index (χ0v) is 16.5. The summed E-state index contributed by atoms with van der Waals surface area (Å²) in [6.45, 7) is 4.52. The van der Waals surface area contributed by atoms with Gasteiger partial charge in [-0.2, -0.15) is 0 Å². The summed E-state index contributed by atoms with van der Waals surface area (Å²) in [5.74, 6) is 1.32. The van der Waals surface area contributed by atoms with Crippen LogP contribution in [0.1, 0.15) is 78.1 Å². The van der Waals surface area contributed by atoms with Gasteiger partial charge in [0.25, 0.3) is 0 Å². The summed E-state index contributed by atoms with van der Waals surface area (Å²) in [5.41, 5.74) is 0. The second kappa shape index (κ2) is 13.2. The van der Waals surface area contributed by atoms with Gasteiger partial charge in [0, 0.05) is 12.3 Å². The number of hydrogen-bond acceptors (Lipinski definition) is 3. The molecule has 0 bridgehead atoms. The third kappa shape index (κ3) is 9.25. The van der Waals surface area contributed by atoms with Gasteiger partial charge in [0.15, 0.2) is 0 Å². The number of carbonyl (C=O) groups is 1. The molecule has 0 heterocycles. The minimum Gasteiger partial charge on any atom is -0.469 e. The van der Waals surface area contributed by atoms with Gasteiger partial charge in [-0.3, -0.25) is 4.79 Å². The largest absolute Gasteiger partial charge is 0.469 e. The zero-order valence-electron chi connectivity index (χ0n) is 16.5. The third-order valence-electron chi connectivity index (χ3n) is 5.33. The maximum absolute atomic E-state index is 11.1. The molecule has 0 aromatic carbocycles. The van der Waals surface area contributed by atoms with Crippen LogP contribution in [0.2, 0.25) is 0 Å². The first-order valence-electron chi connectivity index (χ1n) is 10.2. The maximum Gasteiger partial charge on any atom is 0.305 e. The van der Waals surface area contributed by atoms with Crippen LogP contribution in [0.3, 0.4) is 0 Å². The number of hydrogen-bond donors (Lipinski definition) is 1. The Balaban J connectivity index is 2.33. The fourth-order valence-electron chi connectivity index (χ4n) is 3.63. The Morgan fingerprint density at radius 1 is 1.24 bits per heavy atom. The van der Waals surface area contributed by atoms with Gasteiger partial charge in [0.1, 0.15) is 0 Å². The molecule has 25 heavy (non-hydrogen) atoms. The highest BCUT2D eigenvalue weighted by atomic mass is 16.5. The molecule has 1 aliphatic carbocycles. The van der Waals surface area contributed by atoms with Crippen LogP contribution >= 0.6 is 0 Å². The summed E-state index contributed by atoms with van der Waals surface area (Å²) in [4.78, 5) is 11.1. The van der Waals surface area contributed by atoms with Gasteiger partial charge in [-0.25, -0.2) is 0 Å². The van der Waals surface area contributed by atoms with Gasteiger partial charge < -0.3 is 9.84 Å². The highest BCUT2D eigenvalue weighted by Crippen LogP contribution is 2.36. The summed E-state index contributed by atoms with van der Waals surface area (Å²) in [5, 5.41) is 10.3. The van der Waals surface area contributed by atoms with Crippen LogP contribution in [0.5, 0.6) is 0 Å². The van der Waals surface area contributed by atoms with E-state index in [0.717, 1.165) is 32.1 Å². The quantitative estimate of drug-likeness (QED) is 0.290. The number of rotatable bonds is 12. The van der Waals surface area contributed by atoms with Crippen LogP contribution < -0.4 is 0 Å². The van der Waals surface area contributed by atoms with E-state index in [1.807, 2.05) is 0 Å². The number of aliphatic hydroxyl groups is 1. The number of allylic oxidation sites excluding steroid dienone is 3. The minimum absolute atomic E-state index is 0.134. The van der Waals surface area contributed by atoms with Gasteiger partial charge in [-0.05, 0) is 50.4 Å². The third-order valence-corrected chi connectivity index (χ3v) is 5.33. The number of esters is 1. The molecular formula is C22H38O3. The van der Waals surface area contributed by atoms with E-state index < -0.39 is 0 Å². The first-order valence-corrected chi connectivity index (χ1v) is 10.2. The van der Waals surface area contributed by atoms with Gasteiger partial charge >= 0.3 is 5.97 Å².